The molecule has 5 nitrogen and oxygen atoms in total. The van der Waals surface area contributed by atoms with Gasteiger partial charge in [-0.1, -0.05) is 44.2 Å². The molecule has 5 rings (SSSR count). The zero-order valence-electron chi connectivity index (χ0n) is 21.3. The number of nitrogens with one attached hydrogen (secondary N) is 1. The third-order valence-electron chi connectivity index (χ3n) is 8.22. The van der Waals surface area contributed by atoms with Gasteiger partial charge >= 0.3 is 0 Å². The minimum Gasteiger partial charge on any atom is -0.322 e. The average Bonchev–Trinajstić information content (AvgIpc) is 3.19. The normalized spacial score (nSPS) is 22.0. The molecule has 2 aliphatic heterocycles. The number of hydrogen-bond acceptors (Lipinski definition) is 4. The fraction of sp³-hybridized carbons (Fsp3) is 0.500. The SMILES string of the molecule is CC1(C)CCC(CCc2cccc(CSc3cccc4c3CN(C3CCC(=O)NC3=O)C4=O)c2)CC1. The Morgan fingerprint density at radius 3 is 2.53 bits per heavy atom. The van der Waals surface area contributed by atoms with E-state index in [1.165, 1.54) is 43.2 Å². The Labute approximate surface area is 218 Å². The van der Waals surface area contributed by atoms with Gasteiger partial charge in [-0.05, 0) is 85.1 Å². The number of benzene rings is 2. The van der Waals surface area contributed by atoms with Crippen molar-refractivity contribution in [2.24, 2.45) is 11.3 Å². The molecule has 3 amide bonds. The largest absolute Gasteiger partial charge is 0.322 e. The number of aryl methyl sites for hydroxylation is 1. The quantitative estimate of drug-likeness (QED) is 0.377. The molecule has 1 saturated heterocycles. The second kappa shape index (κ2) is 10.4. The van der Waals surface area contributed by atoms with Crippen LogP contribution in [-0.4, -0.2) is 28.7 Å². The van der Waals surface area contributed by atoms with Crippen molar-refractivity contribution in [2.45, 2.75) is 88.4 Å². The van der Waals surface area contributed by atoms with Crippen molar-refractivity contribution < 1.29 is 14.4 Å². The number of fused-ring (bicyclic) bond motifs is 1. The molecule has 0 spiro atoms. The van der Waals surface area contributed by atoms with Gasteiger partial charge in [-0.2, -0.15) is 0 Å². The first-order valence-corrected chi connectivity index (χ1v) is 14.2. The van der Waals surface area contributed by atoms with Crippen LogP contribution in [0.4, 0.5) is 0 Å². The van der Waals surface area contributed by atoms with Gasteiger partial charge in [-0.3, -0.25) is 19.7 Å². The number of thioether (sulfide) groups is 1. The number of piperidine rings is 1. The molecule has 1 atom stereocenters. The first-order chi connectivity index (χ1) is 17.3. The molecular weight excluding hydrogens is 468 g/mol. The van der Waals surface area contributed by atoms with E-state index < -0.39 is 6.04 Å². The van der Waals surface area contributed by atoms with Crippen LogP contribution in [0.3, 0.4) is 0 Å². The second-order valence-corrected chi connectivity index (χ2v) is 12.5. The lowest BCUT2D eigenvalue weighted by Crippen LogP contribution is -2.52. The van der Waals surface area contributed by atoms with Crippen LogP contribution >= 0.6 is 11.8 Å². The van der Waals surface area contributed by atoms with Gasteiger partial charge in [0.15, 0.2) is 0 Å². The van der Waals surface area contributed by atoms with Crippen LogP contribution in [0.25, 0.3) is 0 Å². The van der Waals surface area contributed by atoms with Crippen molar-refractivity contribution in [3.63, 3.8) is 0 Å². The predicted octanol–water partition coefficient (Wildman–Crippen LogP) is 5.89. The molecule has 1 aliphatic carbocycles. The van der Waals surface area contributed by atoms with Gasteiger partial charge in [0.1, 0.15) is 6.04 Å². The van der Waals surface area contributed by atoms with Crippen molar-refractivity contribution in [1.29, 1.82) is 0 Å². The number of imide groups is 1. The number of carbonyl (C=O) groups is 3. The van der Waals surface area contributed by atoms with E-state index in [1.807, 2.05) is 12.1 Å². The molecule has 1 N–H and O–H groups in total. The first-order valence-electron chi connectivity index (χ1n) is 13.3. The summed E-state index contributed by atoms with van der Waals surface area (Å²) in [6, 6.07) is 14.2. The fourth-order valence-corrected chi connectivity index (χ4v) is 6.87. The van der Waals surface area contributed by atoms with Crippen LogP contribution in [0.15, 0.2) is 47.4 Å². The summed E-state index contributed by atoms with van der Waals surface area (Å²) in [6.45, 7) is 5.21. The summed E-state index contributed by atoms with van der Waals surface area (Å²) >= 11 is 1.75. The number of amides is 3. The number of nitrogens with zero attached hydrogens (tertiary/aromatic N) is 1. The maximum atomic E-state index is 13.1. The summed E-state index contributed by atoms with van der Waals surface area (Å²) in [6.07, 6.45) is 8.48. The Balaban J connectivity index is 1.20. The monoisotopic (exact) mass is 504 g/mol. The first kappa shape index (κ1) is 25.1. The minimum atomic E-state index is -0.577. The lowest BCUT2D eigenvalue weighted by molar-refractivity contribution is -0.136. The van der Waals surface area contributed by atoms with Crippen LogP contribution in [0, 0.1) is 11.3 Å². The topological polar surface area (TPSA) is 66.5 Å². The molecule has 0 radical (unpaired) electrons. The summed E-state index contributed by atoms with van der Waals surface area (Å²) in [4.78, 5) is 39.7. The Bertz CT molecular complexity index is 1160. The highest BCUT2D eigenvalue weighted by molar-refractivity contribution is 7.98. The predicted molar refractivity (Wildman–Crippen MR) is 143 cm³/mol. The van der Waals surface area contributed by atoms with Crippen molar-refractivity contribution in [2.75, 3.05) is 0 Å². The summed E-state index contributed by atoms with van der Waals surface area (Å²) in [5, 5.41) is 2.38. The summed E-state index contributed by atoms with van der Waals surface area (Å²) in [5.41, 5.74) is 4.90. The highest BCUT2D eigenvalue weighted by atomic mass is 32.2. The van der Waals surface area contributed by atoms with E-state index in [0.29, 0.717) is 23.9 Å². The molecule has 0 bridgehead atoms. The molecule has 2 fully saturated rings. The minimum absolute atomic E-state index is 0.116. The maximum absolute atomic E-state index is 13.1. The van der Waals surface area contributed by atoms with Crippen LogP contribution in [0.1, 0.15) is 85.8 Å². The molecule has 2 aromatic rings. The second-order valence-electron chi connectivity index (χ2n) is 11.4. The van der Waals surface area contributed by atoms with Crippen molar-refractivity contribution >= 4 is 29.5 Å². The molecule has 6 heteroatoms. The fourth-order valence-electron chi connectivity index (χ4n) is 5.85. The number of carbonyl (C=O) groups excluding carboxylic acids is 3. The molecule has 0 aromatic heterocycles. The van der Waals surface area contributed by atoms with Gasteiger partial charge < -0.3 is 4.90 Å². The summed E-state index contributed by atoms with van der Waals surface area (Å²) in [5.74, 6) is 0.953. The molecule has 1 unspecified atom stereocenters. The third-order valence-corrected chi connectivity index (χ3v) is 9.40. The van der Waals surface area contributed by atoms with Gasteiger partial charge in [-0.15, -0.1) is 11.8 Å². The highest BCUT2D eigenvalue weighted by Crippen LogP contribution is 2.40. The lowest BCUT2D eigenvalue weighted by atomic mass is 9.72. The lowest BCUT2D eigenvalue weighted by Gasteiger charge is -2.34. The van der Waals surface area contributed by atoms with Gasteiger partial charge in [0.05, 0.1) is 0 Å². The van der Waals surface area contributed by atoms with Gasteiger partial charge in [-0.25, -0.2) is 0 Å². The Hall–Kier alpha value is -2.60. The molecular formula is C30H36N2O3S. The van der Waals surface area contributed by atoms with Crippen molar-refractivity contribution in [1.82, 2.24) is 10.2 Å². The third kappa shape index (κ3) is 5.54. The van der Waals surface area contributed by atoms with E-state index in [-0.39, 0.29) is 24.1 Å². The van der Waals surface area contributed by atoms with Crippen LogP contribution in [0.5, 0.6) is 0 Å². The Morgan fingerprint density at radius 2 is 1.75 bits per heavy atom. The average molecular weight is 505 g/mol. The van der Waals surface area contributed by atoms with Gasteiger partial charge in [0.25, 0.3) is 5.91 Å². The van der Waals surface area contributed by atoms with Crippen LogP contribution in [-0.2, 0) is 28.3 Å². The molecule has 190 valence electrons. The Kier molecular flexibility index (Phi) is 7.25. The molecule has 1 saturated carbocycles. The van der Waals surface area contributed by atoms with Crippen molar-refractivity contribution in [3.8, 4) is 0 Å². The maximum Gasteiger partial charge on any atom is 0.255 e. The van der Waals surface area contributed by atoms with E-state index in [1.54, 1.807) is 16.7 Å². The number of rotatable bonds is 7. The smallest absolute Gasteiger partial charge is 0.255 e. The Morgan fingerprint density at radius 1 is 1.00 bits per heavy atom. The van der Waals surface area contributed by atoms with Gasteiger partial charge in [0.2, 0.25) is 11.8 Å². The molecule has 36 heavy (non-hydrogen) atoms. The zero-order valence-corrected chi connectivity index (χ0v) is 22.2. The zero-order chi connectivity index (χ0) is 25.3. The van der Waals surface area contributed by atoms with E-state index in [9.17, 15) is 14.4 Å². The molecule has 3 aliphatic rings. The van der Waals surface area contributed by atoms with E-state index in [4.69, 9.17) is 0 Å². The summed E-state index contributed by atoms with van der Waals surface area (Å²) < 4.78 is 0. The van der Waals surface area contributed by atoms with E-state index >= 15 is 0 Å². The van der Waals surface area contributed by atoms with Crippen LogP contribution in [0.2, 0.25) is 0 Å². The molecule has 2 aromatic carbocycles. The highest BCUT2D eigenvalue weighted by Gasteiger charge is 2.39. The van der Waals surface area contributed by atoms with E-state index in [2.05, 4.69) is 49.5 Å². The van der Waals surface area contributed by atoms with E-state index in [0.717, 1.165) is 28.6 Å². The summed E-state index contributed by atoms with van der Waals surface area (Å²) in [7, 11) is 0. The van der Waals surface area contributed by atoms with Crippen LogP contribution < -0.4 is 5.32 Å². The number of hydrogen-bond donors (Lipinski definition) is 1. The molecule has 2 heterocycles. The van der Waals surface area contributed by atoms with Gasteiger partial charge in [0, 0.05) is 29.2 Å². The van der Waals surface area contributed by atoms with Crippen molar-refractivity contribution in [3.05, 3.63) is 64.7 Å². The standard InChI is InChI=1S/C30H36N2O3S/c1-30(2)15-13-20(14-16-30)9-10-21-5-3-6-22(17-21)19-36-26-8-4-7-23-24(26)18-32(29(23)35)25-11-12-27(33)31-28(25)34/h3-8,17,20,25H,9-16,18-19H2,1-2H3,(H,31,33,34).